The average Bonchev–Trinajstić information content (AvgIpc) is 2.28. The van der Waals surface area contributed by atoms with Gasteiger partial charge in [-0.05, 0) is 34.1 Å². The molecule has 18 heavy (non-hydrogen) atoms. The van der Waals surface area contributed by atoms with Crippen LogP contribution in [0.5, 0.6) is 5.88 Å². The van der Waals surface area contributed by atoms with E-state index in [1.807, 2.05) is 19.9 Å². The monoisotopic (exact) mass is 315 g/mol. The highest BCUT2D eigenvalue weighted by Gasteiger charge is 2.14. The second-order valence-corrected chi connectivity index (χ2v) is 5.20. The number of hydrogen-bond donors (Lipinski definition) is 0. The molecule has 5 heteroatoms. The van der Waals surface area contributed by atoms with Gasteiger partial charge in [-0.3, -0.25) is 0 Å². The maximum absolute atomic E-state index is 5.47. The van der Waals surface area contributed by atoms with Gasteiger partial charge in [0.15, 0.2) is 0 Å². The van der Waals surface area contributed by atoms with Gasteiger partial charge in [0.1, 0.15) is 0 Å². The number of nitrogens with zero attached hydrogens (tertiary/aromatic N) is 3. The lowest BCUT2D eigenvalue weighted by Crippen LogP contribution is -2.33. The zero-order chi connectivity index (χ0) is 13.5. The maximum Gasteiger partial charge on any atom is 0.229 e. The second-order valence-electron chi connectivity index (χ2n) is 4.41. The third-order valence-corrected chi connectivity index (χ3v) is 3.08. The highest BCUT2D eigenvalue weighted by Crippen LogP contribution is 2.18. The van der Waals surface area contributed by atoms with Crippen LogP contribution in [0, 0.1) is 6.92 Å². The minimum Gasteiger partial charge on any atom is -0.478 e. The van der Waals surface area contributed by atoms with Gasteiger partial charge in [0.2, 0.25) is 11.8 Å². The van der Waals surface area contributed by atoms with E-state index in [0.717, 1.165) is 29.9 Å². The summed E-state index contributed by atoms with van der Waals surface area (Å²) in [5, 5.41) is 0.986. The van der Waals surface area contributed by atoms with Gasteiger partial charge in [-0.25, -0.2) is 4.98 Å². The van der Waals surface area contributed by atoms with E-state index in [1.54, 1.807) is 0 Å². The lowest BCUT2D eigenvalue weighted by atomic mass is 10.3. The molecule has 0 aromatic carbocycles. The Balaban J connectivity index is 2.95. The van der Waals surface area contributed by atoms with Gasteiger partial charge in [-0.1, -0.05) is 15.9 Å². The molecule has 0 radical (unpaired) electrons. The zero-order valence-corrected chi connectivity index (χ0v) is 13.2. The molecule has 0 saturated carbocycles. The van der Waals surface area contributed by atoms with Crippen LogP contribution in [0.25, 0.3) is 0 Å². The highest BCUT2D eigenvalue weighted by atomic mass is 79.9. The number of alkyl halides is 1. The molecule has 0 amide bonds. The molecule has 1 aromatic heterocycles. The molecular weight excluding hydrogens is 294 g/mol. The molecule has 0 aliphatic carbocycles. The first-order chi connectivity index (χ1) is 8.58. The number of rotatable bonds is 7. The molecule has 0 saturated heterocycles. The van der Waals surface area contributed by atoms with E-state index in [9.17, 15) is 0 Å². The fourth-order valence-electron chi connectivity index (χ4n) is 1.69. The molecule has 0 spiro atoms. The summed E-state index contributed by atoms with van der Waals surface area (Å²) < 4.78 is 5.47. The average molecular weight is 316 g/mol. The summed E-state index contributed by atoms with van der Waals surface area (Å²) in [7, 11) is 0. The summed E-state index contributed by atoms with van der Waals surface area (Å²) in [6, 6.07) is 2.25. The van der Waals surface area contributed by atoms with E-state index < -0.39 is 0 Å². The van der Waals surface area contributed by atoms with Crippen molar-refractivity contribution in [3.05, 3.63) is 11.8 Å². The van der Waals surface area contributed by atoms with Crippen LogP contribution in [0.4, 0.5) is 5.95 Å². The van der Waals surface area contributed by atoms with Gasteiger partial charge < -0.3 is 9.64 Å². The summed E-state index contributed by atoms with van der Waals surface area (Å²) in [5.41, 5.74) is 0.938. The smallest absolute Gasteiger partial charge is 0.229 e. The first-order valence-electron chi connectivity index (χ1n) is 6.39. The Hall–Kier alpha value is -0.840. The van der Waals surface area contributed by atoms with E-state index in [0.29, 0.717) is 18.5 Å². The number of anilines is 1. The molecule has 0 atom stereocenters. The van der Waals surface area contributed by atoms with E-state index in [1.165, 1.54) is 0 Å². The largest absolute Gasteiger partial charge is 0.478 e. The quantitative estimate of drug-likeness (QED) is 0.724. The van der Waals surface area contributed by atoms with Crippen molar-refractivity contribution in [1.29, 1.82) is 0 Å². The molecule has 0 aliphatic rings. The van der Waals surface area contributed by atoms with Crippen molar-refractivity contribution in [2.75, 3.05) is 23.4 Å². The predicted molar refractivity (Wildman–Crippen MR) is 78.8 cm³/mol. The Bertz CT molecular complexity index is 371. The van der Waals surface area contributed by atoms with Crippen LogP contribution in [0.2, 0.25) is 0 Å². The van der Waals surface area contributed by atoms with Crippen LogP contribution in [0.3, 0.4) is 0 Å². The fraction of sp³-hybridized carbons (Fsp3) is 0.692. The first kappa shape index (κ1) is 15.2. The van der Waals surface area contributed by atoms with E-state index >= 15 is 0 Å². The number of aryl methyl sites for hydroxylation is 1. The summed E-state index contributed by atoms with van der Waals surface area (Å²) >= 11 is 3.46. The standard InChI is InChI=1S/C13H22BrN3O/c1-5-18-12-9-11(4)15-13(16-12)17(10(2)3)8-6-7-14/h9-10H,5-8H2,1-4H3. The minimum absolute atomic E-state index is 0.375. The summed E-state index contributed by atoms with van der Waals surface area (Å²) in [5.74, 6) is 1.42. The molecule has 0 fully saturated rings. The molecule has 0 N–H and O–H groups in total. The molecule has 0 bridgehead atoms. The summed E-state index contributed by atoms with van der Waals surface area (Å²) in [4.78, 5) is 11.2. The van der Waals surface area contributed by atoms with Gasteiger partial charge in [0.05, 0.1) is 6.61 Å². The fourth-order valence-corrected chi connectivity index (χ4v) is 1.94. The van der Waals surface area contributed by atoms with Crippen molar-refractivity contribution >= 4 is 21.9 Å². The number of aromatic nitrogens is 2. The number of halogens is 1. The van der Waals surface area contributed by atoms with Crippen LogP contribution in [0.1, 0.15) is 32.9 Å². The zero-order valence-electron chi connectivity index (χ0n) is 11.6. The van der Waals surface area contributed by atoms with Crippen molar-refractivity contribution in [3.63, 3.8) is 0 Å². The number of hydrogen-bond acceptors (Lipinski definition) is 4. The van der Waals surface area contributed by atoms with Gasteiger partial charge in [0, 0.05) is 29.7 Å². The third-order valence-electron chi connectivity index (χ3n) is 2.52. The van der Waals surface area contributed by atoms with Crippen molar-refractivity contribution in [2.24, 2.45) is 0 Å². The summed E-state index contributed by atoms with van der Waals surface area (Å²) in [6.45, 7) is 9.80. The Kier molecular flexibility index (Phi) is 6.39. The molecule has 102 valence electrons. The Morgan fingerprint density at radius 1 is 1.39 bits per heavy atom. The lowest BCUT2D eigenvalue weighted by Gasteiger charge is -2.27. The van der Waals surface area contributed by atoms with Gasteiger partial charge in [0.25, 0.3) is 0 Å². The first-order valence-corrected chi connectivity index (χ1v) is 7.51. The Morgan fingerprint density at radius 3 is 2.67 bits per heavy atom. The molecule has 0 unspecified atom stereocenters. The van der Waals surface area contributed by atoms with Crippen LogP contribution < -0.4 is 9.64 Å². The SMILES string of the molecule is CCOc1cc(C)nc(N(CCCBr)C(C)C)n1. The van der Waals surface area contributed by atoms with Crippen molar-refractivity contribution < 1.29 is 4.74 Å². The predicted octanol–water partition coefficient (Wildman–Crippen LogP) is 3.18. The molecule has 1 heterocycles. The van der Waals surface area contributed by atoms with E-state index in [2.05, 4.69) is 44.6 Å². The van der Waals surface area contributed by atoms with Crippen LogP contribution >= 0.6 is 15.9 Å². The van der Waals surface area contributed by atoms with Crippen LogP contribution in [-0.2, 0) is 0 Å². The van der Waals surface area contributed by atoms with Crippen LogP contribution in [0.15, 0.2) is 6.07 Å². The minimum atomic E-state index is 0.375. The van der Waals surface area contributed by atoms with Crippen molar-refractivity contribution in [1.82, 2.24) is 9.97 Å². The maximum atomic E-state index is 5.47. The van der Waals surface area contributed by atoms with E-state index in [4.69, 9.17) is 4.74 Å². The van der Waals surface area contributed by atoms with Gasteiger partial charge >= 0.3 is 0 Å². The van der Waals surface area contributed by atoms with Gasteiger partial charge in [-0.15, -0.1) is 0 Å². The van der Waals surface area contributed by atoms with E-state index in [-0.39, 0.29) is 0 Å². The van der Waals surface area contributed by atoms with Gasteiger partial charge in [-0.2, -0.15) is 4.98 Å². The molecule has 1 aromatic rings. The molecule has 1 rings (SSSR count). The Labute approximate surface area is 118 Å². The topological polar surface area (TPSA) is 38.2 Å². The normalized spacial score (nSPS) is 10.8. The lowest BCUT2D eigenvalue weighted by molar-refractivity contribution is 0.325. The Morgan fingerprint density at radius 2 is 2.11 bits per heavy atom. The summed E-state index contributed by atoms with van der Waals surface area (Å²) in [6.07, 6.45) is 1.07. The second kappa shape index (κ2) is 7.56. The third kappa shape index (κ3) is 4.44. The highest BCUT2D eigenvalue weighted by molar-refractivity contribution is 9.09. The van der Waals surface area contributed by atoms with Crippen molar-refractivity contribution in [3.8, 4) is 5.88 Å². The van der Waals surface area contributed by atoms with Crippen LogP contribution in [-0.4, -0.2) is 34.5 Å². The molecular formula is C13H22BrN3O. The number of ether oxygens (including phenoxy) is 1. The molecule has 0 aliphatic heterocycles. The van der Waals surface area contributed by atoms with Crippen molar-refractivity contribution in [2.45, 2.75) is 40.2 Å². The molecule has 4 nitrogen and oxygen atoms in total.